The van der Waals surface area contributed by atoms with Crippen molar-refractivity contribution < 1.29 is 9.00 Å². The number of nitrogens with one attached hydrogen (secondary N) is 1. The topological polar surface area (TPSA) is 49.4 Å². The Hall–Kier alpha value is -1.36. The molecule has 0 aliphatic carbocycles. The normalized spacial score (nSPS) is 14.2. The fourth-order valence-electron chi connectivity index (χ4n) is 2.01. The molecule has 0 heterocycles. The van der Waals surface area contributed by atoms with Crippen molar-refractivity contribution >= 4 is 22.5 Å². The van der Waals surface area contributed by atoms with Gasteiger partial charge in [0.15, 0.2) is 0 Å². The third-order valence-electron chi connectivity index (χ3n) is 3.79. The maximum Gasteiger partial charge on any atom is 0.321 e. The molecule has 0 saturated heterocycles. The van der Waals surface area contributed by atoms with Gasteiger partial charge < -0.3 is 10.2 Å². The van der Waals surface area contributed by atoms with Crippen LogP contribution in [0, 0.1) is 5.92 Å². The van der Waals surface area contributed by atoms with E-state index in [2.05, 4.69) is 19.2 Å². The van der Waals surface area contributed by atoms with E-state index in [1.54, 1.807) is 11.9 Å². The van der Waals surface area contributed by atoms with Gasteiger partial charge in [-0.3, -0.25) is 4.21 Å². The van der Waals surface area contributed by atoms with Crippen molar-refractivity contribution in [3.05, 3.63) is 29.8 Å². The van der Waals surface area contributed by atoms with Crippen molar-refractivity contribution in [1.29, 1.82) is 0 Å². The summed E-state index contributed by atoms with van der Waals surface area (Å²) in [7, 11) is 0.855. The van der Waals surface area contributed by atoms with Gasteiger partial charge in [0.05, 0.1) is 0 Å². The zero-order valence-corrected chi connectivity index (χ0v) is 16.0. The largest absolute Gasteiger partial charge is 0.327 e. The van der Waals surface area contributed by atoms with Gasteiger partial charge in [-0.25, -0.2) is 4.79 Å². The van der Waals surface area contributed by atoms with E-state index in [1.807, 2.05) is 45.0 Å². The summed E-state index contributed by atoms with van der Waals surface area (Å²) in [6, 6.07) is 7.48. The second-order valence-corrected chi connectivity index (χ2v) is 9.33. The Kier molecular flexibility index (Phi) is 7.26. The molecule has 2 atom stereocenters. The van der Waals surface area contributed by atoms with Crippen molar-refractivity contribution in [2.45, 2.75) is 51.5 Å². The van der Waals surface area contributed by atoms with Crippen molar-refractivity contribution in [2.75, 3.05) is 18.9 Å². The highest BCUT2D eigenvalue weighted by Gasteiger charge is 2.19. The standard InChI is InChI=1S/C18H30N2O2S/c1-7-14(2)12-20(6)17(21)19-16-10-8-9-15(11-16)13-23(22)18(3,4)5/h8-11,14H,7,12-13H2,1-6H3,(H,19,21)/t14-,23-/m1/s1. The molecule has 2 amide bonds. The lowest BCUT2D eigenvalue weighted by Crippen LogP contribution is -2.34. The van der Waals surface area contributed by atoms with Crippen LogP contribution in [0.4, 0.5) is 10.5 Å². The van der Waals surface area contributed by atoms with E-state index in [4.69, 9.17) is 0 Å². The van der Waals surface area contributed by atoms with Gasteiger partial charge in [-0.1, -0.05) is 32.4 Å². The van der Waals surface area contributed by atoms with Crippen LogP contribution in [0.3, 0.4) is 0 Å². The SMILES string of the molecule is CC[C@@H](C)CN(C)C(=O)Nc1cccc(C[S@@](=O)C(C)(C)C)c1. The van der Waals surface area contributed by atoms with Crippen LogP contribution in [0.2, 0.25) is 0 Å². The number of nitrogens with zero attached hydrogens (tertiary/aromatic N) is 1. The molecule has 130 valence electrons. The monoisotopic (exact) mass is 338 g/mol. The smallest absolute Gasteiger partial charge is 0.321 e. The number of anilines is 1. The number of urea groups is 1. The Balaban J connectivity index is 2.70. The minimum Gasteiger partial charge on any atom is -0.327 e. The van der Waals surface area contributed by atoms with E-state index in [9.17, 15) is 9.00 Å². The van der Waals surface area contributed by atoms with E-state index in [0.29, 0.717) is 11.7 Å². The van der Waals surface area contributed by atoms with Crippen molar-refractivity contribution in [2.24, 2.45) is 5.92 Å². The van der Waals surface area contributed by atoms with Crippen LogP contribution in [0.5, 0.6) is 0 Å². The number of hydrogen-bond donors (Lipinski definition) is 1. The maximum absolute atomic E-state index is 12.2. The van der Waals surface area contributed by atoms with E-state index in [-0.39, 0.29) is 10.8 Å². The zero-order valence-electron chi connectivity index (χ0n) is 15.2. The second kappa shape index (κ2) is 8.48. The van der Waals surface area contributed by atoms with E-state index < -0.39 is 10.8 Å². The van der Waals surface area contributed by atoms with Gasteiger partial charge in [-0.05, 0) is 44.4 Å². The summed E-state index contributed by atoms with van der Waals surface area (Å²) >= 11 is 0. The summed E-state index contributed by atoms with van der Waals surface area (Å²) in [5.74, 6) is 0.974. The Morgan fingerprint density at radius 3 is 2.57 bits per heavy atom. The third-order valence-corrected chi connectivity index (χ3v) is 5.75. The quantitative estimate of drug-likeness (QED) is 0.843. The number of amides is 2. The molecule has 1 N–H and O–H groups in total. The van der Waals surface area contributed by atoms with Crippen LogP contribution in [-0.4, -0.2) is 33.5 Å². The van der Waals surface area contributed by atoms with E-state index in [1.165, 1.54) is 0 Å². The fraction of sp³-hybridized carbons (Fsp3) is 0.611. The summed E-state index contributed by atoms with van der Waals surface area (Å²) in [6.07, 6.45) is 1.05. The fourth-order valence-corrected chi connectivity index (χ4v) is 2.92. The number of carbonyl (C=O) groups is 1. The molecule has 1 aromatic rings. The van der Waals surface area contributed by atoms with Gasteiger partial charge in [-0.2, -0.15) is 0 Å². The summed E-state index contributed by atoms with van der Waals surface area (Å²) in [5.41, 5.74) is 1.72. The van der Waals surface area contributed by atoms with Crippen molar-refractivity contribution in [1.82, 2.24) is 4.90 Å². The highest BCUT2D eigenvalue weighted by Crippen LogP contribution is 2.19. The first-order chi connectivity index (χ1) is 10.6. The van der Waals surface area contributed by atoms with Crippen LogP contribution in [-0.2, 0) is 16.6 Å². The zero-order chi connectivity index (χ0) is 17.6. The predicted octanol–water partition coefficient (Wildman–Crippen LogP) is 4.24. The first-order valence-corrected chi connectivity index (χ1v) is 9.45. The van der Waals surface area contributed by atoms with Gasteiger partial charge in [0.25, 0.3) is 0 Å². The summed E-state index contributed by atoms with van der Waals surface area (Å²) in [6.45, 7) is 10.9. The average molecular weight is 339 g/mol. The predicted molar refractivity (Wildman–Crippen MR) is 99.1 cm³/mol. The molecule has 0 saturated carbocycles. The molecule has 5 heteroatoms. The molecule has 0 aliphatic heterocycles. The average Bonchev–Trinajstić information content (AvgIpc) is 2.46. The number of hydrogen-bond acceptors (Lipinski definition) is 2. The first kappa shape index (κ1) is 19.7. The molecule has 4 nitrogen and oxygen atoms in total. The molecule has 0 fully saturated rings. The summed E-state index contributed by atoms with van der Waals surface area (Å²) in [4.78, 5) is 13.9. The number of rotatable bonds is 6. The van der Waals surface area contributed by atoms with Gasteiger partial charge in [-0.15, -0.1) is 0 Å². The van der Waals surface area contributed by atoms with Gasteiger partial charge in [0.1, 0.15) is 0 Å². The minimum absolute atomic E-state index is 0.112. The lowest BCUT2D eigenvalue weighted by atomic mass is 10.1. The first-order valence-electron chi connectivity index (χ1n) is 8.13. The van der Waals surface area contributed by atoms with Gasteiger partial charge in [0, 0.05) is 40.6 Å². The van der Waals surface area contributed by atoms with E-state index in [0.717, 1.165) is 24.2 Å². The lowest BCUT2D eigenvalue weighted by Gasteiger charge is -2.21. The minimum atomic E-state index is -0.950. The molecule has 0 spiro atoms. The highest BCUT2D eigenvalue weighted by molar-refractivity contribution is 7.85. The molecule has 23 heavy (non-hydrogen) atoms. The second-order valence-electron chi connectivity index (χ2n) is 7.13. The van der Waals surface area contributed by atoms with Crippen molar-refractivity contribution in [3.63, 3.8) is 0 Å². The highest BCUT2D eigenvalue weighted by atomic mass is 32.2. The summed E-state index contributed by atoms with van der Waals surface area (Å²) < 4.78 is 12.0. The molecule has 1 aromatic carbocycles. The van der Waals surface area contributed by atoms with Gasteiger partial charge in [0.2, 0.25) is 0 Å². The number of benzene rings is 1. The van der Waals surface area contributed by atoms with E-state index >= 15 is 0 Å². The molecule has 0 aliphatic rings. The van der Waals surface area contributed by atoms with Crippen LogP contribution in [0.15, 0.2) is 24.3 Å². The Morgan fingerprint density at radius 2 is 2.00 bits per heavy atom. The summed E-state index contributed by atoms with van der Waals surface area (Å²) in [5, 5.41) is 2.91. The molecule has 0 radical (unpaired) electrons. The molecule has 0 unspecified atom stereocenters. The third kappa shape index (κ3) is 6.73. The Morgan fingerprint density at radius 1 is 1.35 bits per heavy atom. The van der Waals surface area contributed by atoms with Crippen LogP contribution < -0.4 is 5.32 Å². The lowest BCUT2D eigenvalue weighted by molar-refractivity contribution is 0.215. The Bertz CT molecular complexity index is 552. The number of carbonyl (C=O) groups excluding carboxylic acids is 1. The van der Waals surface area contributed by atoms with Crippen LogP contribution >= 0.6 is 0 Å². The molecule has 0 bridgehead atoms. The Labute approximate surface area is 143 Å². The molecular formula is C18H30N2O2S. The maximum atomic E-state index is 12.2. The molecular weight excluding hydrogens is 308 g/mol. The molecule has 0 aromatic heterocycles. The molecule has 1 rings (SSSR count). The van der Waals surface area contributed by atoms with Crippen LogP contribution in [0.25, 0.3) is 0 Å². The van der Waals surface area contributed by atoms with Crippen molar-refractivity contribution in [3.8, 4) is 0 Å². The van der Waals surface area contributed by atoms with Gasteiger partial charge >= 0.3 is 6.03 Å². The van der Waals surface area contributed by atoms with Crippen LogP contribution in [0.1, 0.15) is 46.6 Å².